The molecule has 9 heteroatoms. The van der Waals surface area contributed by atoms with Crippen molar-refractivity contribution in [2.24, 2.45) is 0 Å². The summed E-state index contributed by atoms with van der Waals surface area (Å²) in [6.45, 7) is 5.12. The summed E-state index contributed by atoms with van der Waals surface area (Å²) >= 11 is 0. The summed E-state index contributed by atoms with van der Waals surface area (Å²) in [4.78, 5) is 40.8. The number of para-hydroxylation sites is 1. The first-order chi connectivity index (χ1) is 15.9. The molecule has 0 unspecified atom stereocenters. The third-order valence-electron chi connectivity index (χ3n) is 6.05. The average Bonchev–Trinajstić information content (AvgIpc) is 3.08. The molecule has 1 amide bonds. The number of nitro benzene ring substituents is 1. The maximum absolute atomic E-state index is 13.1. The lowest BCUT2D eigenvalue weighted by atomic mass is 9.94. The summed E-state index contributed by atoms with van der Waals surface area (Å²) in [6, 6.07) is 11.8. The van der Waals surface area contributed by atoms with Crippen molar-refractivity contribution in [3.05, 3.63) is 80.9 Å². The fraction of sp³-hybridized carbons (Fsp3) is 0.333. The lowest BCUT2D eigenvalue weighted by Crippen LogP contribution is -2.42. The first-order valence-corrected chi connectivity index (χ1v) is 10.8. The van der Waals surface area contributed by atoms with Crippen LogP contribution in [0.5, 0.6) is 0 Å². The first kappa shape index (κ1) is 22.6. The number of rotatable bonds is 6. The Balaban J connectivity index is 1.80. The zero-order chi connectivity index (χ0) is 23.5. The number of nitrogens with zero attached hydrogens (tertiary/aromatic N) is 3. The predicted molar refractivity (Wildman–Crippen MR) is 121 cm³/mol. The quantitative estimate of drug-likeness (QED) is 0.236. The molecule has 2 fully saturated rings. The number of aliphatic hydroxyl groups is 1. The fourth-order valence-corrected chi connectivity index (χ4v) is 4.26. The number of benzene rings is 2. The van der Waals surface area contributed by atoms with Crippen LogP contribution in [0.15, 0.2) is 54.1 Å². The molecule has 2 aromatic rings. The van der Waals surface area contributed by atoms with E-state index in [1.165, 1.54) is 23.1 Å². The number of hydrogen-bond acceptors (Lipinski definition) is 7. The highest BCUT2D eigenvalue weighted by molar-refractivity contribution is 6.46. The molecule has 9 nitrogen and oxygen atoms in total. The van der Waals surface area contributed by atoms with E-state index >= 15 is 0 Å². The molecule has 2 aliphatic heterocycles. The van der Waals surface area contributed by atoms with Crippen molar-refractivity contribution in [2.75, 3.05) is 39.4 Å². The number of likely N-dealkylation sites (tertiary alicyclic amines) is 1. The van der Waals surface area contributed by atoms with Crippen LogP contribution in [0.2, 0.25) is 0 Å². The molecular weight excluding hydrogens is 426 g/mol. The summed E-state index contributed by atoms with van der Waals surface area (Å²) in [5.74, 6) is -1.97. The van der Waals surface area contributed by atoms with Crippen molar-refractivity contribution < 1.29 is 24.4 Å². The van der Waals surface area contributed by atoms with Gasteiger partial charge in [-0.25, -0.2) is 0 Å². The number of hydrogen-bond donors (Lipinski definition) is 1. The van der Waals surface area contributed by atoms with Gasteiger partial charge in [0.1, 0.15) is 5.76 Å². The molecule has 0 spiro atoms. The highest BCUT2D eigenvalue weighted by Crippen LogP contribution is 2.42. The zero-order valence-electron chi connectivity index (χ0n) is 18.3. The van der Waals surface area contributed by atoms with Gasteiger partial charge in [0.2, 0.25) is 0 Å². The Morgan fingerprint density at radius 2 is 1.76 bits per heavy atom. The van der Waals surface area contributed by atoms with Crippen LogP contribution in [0.3, 0.4) is 0 Å². The van der Waals surface area contributed by atoms with Crippen molar-refractivity contribution >= 4 is 23.1 Å². The Morgan fingerprint density at radius 3 is 2.42 bits per heavy atom. The van der Waals surface area contributed by atoms with Crippen LogP contribution in [-0.4, -0.2) is 70.9 Å². The van der Waals surface area contributed by atoms with Crippen LogP contribution in [0.1, 0.15) is 22.7 Å². The fourth-order valence-electron chi connectivity index (χ4n) is 4.26. The highest BCUT2D eigenvalue weighted by atomic mass is 16.6. The second-order valence-corrected chi connectivity index (χ2v) is 8.13. The van der Waals surface area contributed by atoms with E-state index in [1.54, 1.807) is 30.3 Å². The van der Waals surface area contributed by atoms with Crippen molar-refractivity contribution in [1.82, 2.24) is 9.80 Å². The molecule has 0 bridgehead atoms. The van der Waals surface area contributed by atoms with Crippen molar-refractivity contribution in [2.45, 2.75) is 13.0 Å². The van der Waals surface area contributed by atoms with E-state index in [1.807, 2.05) is 6.92 Å². The molecule has 0 radical (unpaired) electrons. The molecule has 1 N–H and O–H groups in total. The van der Waals surface area contributed by atoms with Gasteiger partial charge in [-0.15, -0.1) is 0 Å². The van der Waals surface area contributed by atoms with E-state index in [4.69, 9.17) is 4.74 Å². The Bertz CT molecular complexity index is 1110. The summed E-state index contributed by atoms with van der Waals surface area (Å²) in [7, 11) is 0. The number of carbonyl (C=O) groups excluding carboxylic acids is 2. The molecule has 4 rings (SSSR count). The van der Waals surface area contributed by atoms with Crippen LogP contribution in [0.4, 0.5) is 5.69 Å². The zero-order valence-corrected chi connectivity index (χ0v) is 18.3. The van der Waals surface area contributed by atoms with Gasteiger partial charge < -0.3 is 14.7 Å². The van der Waals surface area contributed by atoms with E-state index in [0.29, 0.717) is 38.4 Å². The van der Waals surface area contributed by atoms with Crippen molar-refractivity contribution in [3.63, 3.8) is 0 Å². The van der Waals surface area contributed by atoms with E-state index in [0.717, 1.165) is 5.56 Å². The van der Waals surface area contributed by atoms with Crippen LogP contribution >= 0.6 is 0 Å². The summed E-state index contributed by atoms with van der Waals surface area (Å²) < 4.78 is 5.36. The molecular formula is C24H25N3O6. The predicted octanol–water partition coefficient (Wildman–Crippen LogP) is 2.66. The number of ketones is 1. The second-order valence-electron chi connectivity index (χ2n) is 8.13. The Labute approximate surface area is 191 Å². The Kier molecular flexibility index (Phi) is 6.52. The normalized spacial score (nSPS) is 20.9. The van der Waals surface area contributed by atoms with E-state index in [9.17, 15) is 24.8 Å². The lowest BCUT2D eigenvalue weighted by Gasteiger charge is -2.30. The van der Waals surface area contributed by atoms with Gasteiger partial charge in [0.15, 0.2) is 0 Å². The SMILES string of the molecule is Cc1ccc(C(O)=C2C(=O)C(=O)N(CCN3CCOCC3)[C@H]2c2ccccc2[N+](=O)[O-])cc1. The minimum Gasteiger partial charge on any atom is -0.507 e. The van der Waals surface area contributed by atoms with Gasteiger partial charge >= 0.3 is 0 Å². The third-order valence-corrected chi connectivity index (χ3v) is 6.05. The summed E-state index contributed by atoms with van der Waals surface area (Å²) in [5, 5.41) is 22.8. The number of Topliss-reactive ketones (excluding diaryl/α,β-unsaturated/α-hetero) is 1. The monoisotopic (exact) mass is 451 g/mol. The number of carbonyl (C=O) groups is 2. The summed E-state index contributed by atoms with van der Waals surface area (Å²) in [6.07, 6.45) is 0. The molecule has 33 heavy (non-hydrogen) atoms. The highest BCUT2D eigenvalue weighted by Gasteiger charge is 2.48. The van der Waals surface area contributed by atoms with Gasteiger partial charge in [0.05, 0.1) is 35.3 Å². The number of amides is 1. The number of aryl methyl sites for hydroxylation is 1. The number of nitro groups is 1. The van der Waals surface area contributed by atoms with Crippen LogP contribution in [0.25, 0.3) is 5.76 Å². The van der Waals surface area contributed by atoms with Gasteiger partial charge in [-0.2, -0.15) is 0 Å². The smallest absolute Gasteiger partial charge is 0.295 e. The Hall–Kier alpha value is -3.56. The maximum atomic E-state index is 13.1. The number of ether oxygens (including phenoxy) is 1. The number of aliphatic hydroxyl groups excluding tert-OH is 1. The molecule has 2 heterocycles. The van der Waals surface area contributed by atoms with Gasteiger partial charge in [-0.3, -0.25) is 24.6 Å². The van der Waals surface area contributed by atoms with Gasteiger partial charge in [-0.1, -0.05) is 42.0 Å². The summed E-state index contributed by atoms with van der Waals surface area (Å²) in [5.41, 5.74) is 1.18. The van der Waals surface area contributed by atoms with Crippen LogP contribution in [-0.2, 0) is 14.3 Å². The third kappa shape index (κ3) is 4.50. The molecule has 2 saturated heterocycles. The van der Waals surface area contributed by atoms with E-state index in [2.05, 4.69) is 4.90 Å². The van der Waals surface area contributed by atoms with Gasteiger partial charge in [0, 0.05) is 37.8 Å². The van der Waals surface area contributed by atoms with Crippen LogP contribution in [0, 0.1) is 17.0 Å². The second kappa shape index (κ2) is 9.51. The Morgan fingerprint density at radius 1 is 1.09 bits per heavy atom. The molecule has 0 aromatic heterocycles. The van der Waals surface area contributed by atoms with Crippen LogP contribution < -0.4 is 0 Å². The molecule has 172 valence electrons. The van der Waals surface area contributed by atoms with Crippen molar-refractivity contribution in [3.8, 4) is 0 Å². The maximum Gasteiger partial charge on any atom is 0.295 e. The average molecular weight is 451 g/mol. The van der Waals surface area contributed by atoms with E-state index < -0.39 is 22.7 Å². The molecule has 0 aliphatic carbocycles. The van der Waals surface area contributed by atoms with Crippen molar-refractivity contribution in [1.29, 1.82) is 0 Å². The standard InChI is InChI=1S/C24H25N3O6/c1-16-6-8-17(9-7-16)22(28)20-21(18-4-2-3-5-19(18)27(31)32)26(24(30)23(20)29)11-10-25-12-14-33-15-13-25/h2-9,21,28H,10-15H2,1H3/t21-/m0/s1. The van der Waals surface area contributed by atoms with Gasteiger partial charge in [0.25, 0.3) is 17.4 Å². The molecule has 1 atom stereocenters. The first-order valence-electron chi connectivity index (χ1n) is 10.8. The lowest BCUT2D eigenvalue weighted by molar-refractivity contribution is -0.385. The molecule has 2 aliphatic rings. The number of morpholine rings is 1. The topological polar surface area (TPSA) is 113 Å². The van der Waals surface area contributed by atoms with Gasteiger partial charge in [-0.05, 0) is 13.0 Å². The van der Waals surface area contributed by atoms with E-state index in [-0.39, 0.29) is 29.1 Å². The minimum atomic E-state index is -1.06. The minimum absolute atomic E-state index is 0.139. The molecule has 0 saturated carbocycles. The molecule has 2 aromatic carbocycles. The largest absolute Gasteiger partial charge is 0.507 e.